The summed E-state index contributed by atoms with van der Waals surface area (Å²) in [7, 11) is 0. The van der Waals surface area contributed by atoms with Gasteiger partial charge in [-0.2, -0.15) is 0 Å². The summed E-state index contributed by atoms with van der Waals surface area (Å²) >= 11 is 1.96. The summed E-state index contributed by atoms with van der Waals surface area (Å²) in [6.45, 7) is 2.93. The Morgan fingerprint density at radius 3 is 3.06 bits per heavy atom. The normalized spacial score (nSPS) is 36.1. The molecule has 2 nitrogen and oxygen atoms in total. The van der Waals surface area contributed by atoms with Gasteiger partial charge < -0.3 is 10.5 Å². The fourth-order valence-electron chi connectivity index (χ4n) is 2.92. The summed E-state index contributed by atoms with van der Waals surface area (Å²) in [6, 6.07) is 8.73. The van der Waals surface area contributed by atoms with Crippen LogP contribution >= 0.6 is 11.8 Å². The summed E-state index contributed by atoms with van der Waals surface area (Å²) in [6.07, 6.45) is 2.25. The fraction of sp³-hybridized carbons (Fsp3) is 0.571. The minimum absolute atomic E-state index is 0.122. The second-order valence-corrected chi connectivity index (χ2v) is 6.31. The molecule has 0 aromatic heterocycles. The Bertz CT molecular complexity index is 422. The lowest BCUT2D eigenvalue weighted by Gasteiger charge is -2.30. The van der Waals surface area contributed by atoms with E-state index in [1.165, 1.54) is 16.2 Å². The highest BCUT2D eigenvalue weighted by atomic mass is 32.2. The van der Waals surface area contributed by atoms with E-state index in [0.29, 0.717) is 5.92 Å². The van der Waals surface area contributed by atoms with Crippen LogP contribution in [0.1, 0.15) is 31.2 Å². The lowest BCUT2D eigenvalue weighted by atomic mass is 9.81. The molecule has 1 fully saturated rings. The van der Waals surface area contributed by atoms with Crippen LogP contribution in [-0.2, 0) is 4.74 Å². The summed E-state index contributed by atoms with van der Waals surface area (Å²) in [5.74, 6) is 1.77. The Kier molecular flexibility index (Phi) is 2.93. The number of nitrogens with two attached hydrogens (primary N) is 1. The Morgan fingerprint density at radius 2 is 2.29 bits per heavy atom. The molecule has 0 bridgehead atoms. The molecule has 1 aromatic carbocycles. The standard InChI is InChI=1S/C14H19NOS/c1-10-14(15,6-7-16-10)8-11-9-17-13-5-3-2-4-12(11)13/h2-5,10-11H,6-9,15H2,1H3. The second kappa shape index (κ2) is 4.30. The topological polar surface area (TPSA) is 35.2 Å². The molecule has 3 heteroatoms. The maximum absolute atomic E-state index is 6.51. The molecule has 17 heavy (non-hydrogen) atoms. The first-order valence-corrected chi connectivity index (χ1v) is 7.30. The molecule has 0 amide bonds. The first-order chi connectivity index (χ1) is 8.19. The number of hydrogen-bond donors (Lipinski definition) is 1. The lowest BCUT2D eigenvalue weighted by Crippen LogP contribution is -2.47. The number of hydrogen-bond acceptors (Lipinski definition) is 3. The molecule has 2 aliphatic heterocycles. The summed E-state index contributed by atoms with van der Waals surface area (Å²) < 4.78 is 5.63. The third-order valence-corrected chi connectivity index (χ3v) is 5.42. The van der Waals surface area contributed by atoms with Gasteiger partial charge in [0, 0.05) is 22.8 Å². The first-order valence-electron chi connectivity index (χ1n) is 6.31. The van der Waals surface area contributed by atoms with Crippen LogP contribution in [0.2, 0.25) is 0 Å². The van der Waals surface area contributed by atoms with E-state index in [-0.39, 0.29) is 11.6 Å². The van der Waals surface area contributed by atoms with Crippen LogP contribution in [0.5, 0.6) is 0 Å². The molecule has 3 atom stereocenters. The van der Waals surface area contributed by atoms with Gasteiger partial charge in [0.1, 0.15) is 0 Å². The number of fused-ring (bicyclic) bond motifs is 1. The fourth-order valence-corrected chi connectivity index (χ4v) is 4.17. The molecule has 0 radical (unpaired) electrons. The molecule has 92 valence electrons. The number of benzene rings is 1. The third kappa shape index (κ3) is 2.01. The molecule has 3 rings (SSSR count). The zero-order chi connectivity index (χ0) is 11.9. The Balaban J connectivity index is 1.79. The molecular weight excluding hydrogens is 230 g/mol. The molecule has 1 aromatic rings. The zero-order valence-electron chi connectivity index (χ0n) is 10.2. The van der Waals surface area contributed by atoms with Crippen LogP contribution in [0.3, 0.4) is 0 Å². The van der Waals surface area contributed by atoms with Gasteiger partial charge in [-0.05, 0) is 37.3 Å². The average Bonchev–Trinajstić information content (AvgIpc) is 2.86. The van der Waals surface area contributed by atoms with E-state index < -0.39 is 0 Å². The van der Waals surface area contributed by atoms with Gasteiger partial charge in [0.2, 0.25) is 0 Å². The molecular formula is C14H19NOS. The molecule has 0 aliphatic carbocycles. The molecule has 0 spiro atoms. The molecule has 2 aliphatic rings. The second-order valence-electron chi connectivity index (χ2n) is 5.25. The van der Waals surface area contributed by atoms with E-state index in [1.54, 1.807) is 0 Å². The molecule has 3 unspecified atom stereocenters. The molecule has 2 N–H and O–H groups in total. The summed E-state index contributed by atoms with van der Waals surface area (Å²) in [4.78, 5) is 1.44. The molecule has 0 saturated carbocycles. The van der Waals surface area contributed by atoms with Crippen LogP contribution in [0.25, 0.3) is 0 Å². The van der Waals surface area contributed by atoms with Gasteiger partial charge in [-0.3, -0.25) is 0 Å². The van der Waals surface area contributed by atoms with Crippen LogP contribution in [-0.4, -0.2) is 24.0 Å². The van der Waals surface area contributed by atoms with Crippen LogP contribution in [0.15, 0.2) is 29.2 Å². The highest BCUT2D eigenvalue weighted by Crippen LogP contribution is 2.44. The summed E-state index contributed by atoms with van der Waals surface area (Å²) in [5, 5.41) is 0. The van der Waals surface area contributed by atoms with E-state index in [4.69, 9.17) is 10.5 Å². The van der Waals surface area contributed by atoms with E-state index in [1.807, 2.05) is 11.8 Å². The van der Waals surface area contributed by atoms with Crippen molar-refractivity contribution in [1.29, 1.82) is 0 Å². The molecule has 2 heterocycles. The Morgan fingerprint density at radius 1 is 1.47 bits per heavy atom. The van der Waals surface area contributed by atoms with Gasteiger partial charge in [0.05, 0.1) is 6.10 Å². The van der Waals surface area contributed by atoms with Gasteiger partial charge in [-0.1, -0.05) is 18.2 Å². The highest BCUT2D eigenvalue weighted by Gasteiger charge is 2.41. The quantitative estimate of drug-likeness (QED) is 0.875. The van der Waals surface area contributed by atoms with Gasteiger partial charge in [0.25, 0.3) is 0 Å². The minimum Gasteiger partial charge on any atom is -0.377 e. The van der Waals surface area contributed by atoms with Gasteiger partial charge in [-0.15, -0.1) is 11.8 Å². The van der Waals surface area contributed by atoms with E-state index in [2.05, 4.69) is 31.2 Å². The number of rotatable bonds is 2. The maximum atomic E-state index is 6.51. The van der Waals surface area contributed by atoms with Crippen molar-refractivity contribution in [2.45, 2.75) is 42.2 Å². The SMILES string of the molecule is CC1OCCC1(N)CC1CSc2ccccc21. The zero-order valence-corrected chi connectivity index (χ0v) is 11.0. The minimum atomic E-state index is -0.122. The van der Waals surface area contributed by atoms with Crippen molar-refractivity contribution >= 4 is 11.8 Å². The lowest BCUT2D eigenvalue weighted by molar-refractivity contribution is 0.0912. The van der Waals surface area contributed by atoms with Crippen molar-refractivity contribution in [3.05, 3.63) is 29.8 Å². The van der Waals surface area contributed by atoms with E-state index >= 15 is 0 Å². The Hall–Kier alpha value is -0.510. The molecule has 1 saturated heterocycles. The predicted molar refractivity (Wildman–Crippen MR) is 71.5 cm³/mol. The van der Waals surface area contributed by atoms with E-state index in [9.17, 15) is 0 Å². The van der Waals surface area contributed by atoms with Gasteiger partial charge in [-0.25, -0.2) is 0 Å². The van der Waals surface area contributed by atoms with Crippen molar-refractivity contribution in [3.63, 3.8) is 0 Å². The monoisotopic (exact) mass is 249 g/mol. The van der Waals surface area contributed by atoms with Gasteiger partial charge >= 0.3 is 0 Å². The van der Waals surface area contributed by atoms with Crippen molar-refractivity contribution in [2.24, 2.45) is 5.73 Å². The largest absolute Gasteiger partial charge is 0.377 e. The van der Waals surface area contributed by atoms with Crippen LogP contribution in [0.4, 0.5) is 0 Å². The van der Waals surface area contributed by atoms with E-state index in [0.717, 1.165) is 19.4 Å². The van der Waals surface area contributed by atoms with Crippen molar-refractivity contribution < 1.29 is 4.74 Å². The average molecular weight is 249 g/mol. The van der Waals surface area contributed by atoms with Crippen molar-refractivity contribution in [2.75, 3.05) is 12.4 Å². The predicted octanol–water partition coefficient (Wildman–Crippen LogP) is 2.77. The summed E-state index contributed by atoms with van der Waals surface area (Å²) in [5.41, 5.74) is 7.87. The van der Waals surface area contributed by atoms with Crippen LogP contribution in [0, 0.1) is 0 Å². The highest BCUT2D eigenvalue weighted by molar-refractivity contribution is 7.99. The number of thioether (sulfide) groups is 1. The number of ether oxygens (including phenoxy) is 1. The third-order valence-electron chi connectivity index (χ3n) is 4.17. The van der Waals surface area contributed by atoms with Crippen molar-refractivity contribution in [1.82, 2.24) is 0 Å². The van der Waals surface area contributed by atoms with Gasteiger partial charge in [0.15, 0.2) is 0 Å². The van der Waals surface area contributed by atoms with Crippen LogP contribution < -0.4 is 5.73 Å². The first kappa shape index (κ1) is 11.6. The Labute approximate surface area is 107 Å². The smallest absolute Gasteiger partial charge is 0.0727 e. The maximum Gasteiger partial charge on any atom is 0.0727 e. The van der Waals surface area contributed by atoms with Crippen molar-refractivity contribution in [3.8, 4) is 0 Å².